The molecule has 0 amide bonds. The van der Waals surface area contributed by atoms with Gasteiger partial charge in [0.05, 0.1) is 10.9 Å². The largest absolute Gasteiger partial charge is 0.260 e. The standard InChI is InChI=1S/C6H8Cl2N2S/c1-10-6(11-2)4(3-7)5(8)9-10/h3H2,1-2H3. The van der Waals surface area contributed by atoms with E-state index in [9.17, 15) is 0 Å². The molecule has 0 bridgehead atoms. The van der Waals surface area contributed by atoms with Crippen molar-refractivity contribution in [2.45, 2.75) is 10.9 Å². The van der Waals surface area contributed by atoms with Crippen LogP contribution in [0.3, 0.4) is 0 Å². The van der Waals surface area contributed by atoms with Gasteiger partial charge in [0.25, 0.3) is 0 Å². The highest BCUT2D eigenvalue weighted by Crippen LogP contribution is 2.27. The monoisotopic (exact) mass is 210 g/mol. The predicted octanol–water partition coefficient (Wildman–Crippen LogP) is 2.53. The molecule has 1 rings (SSSR count). The third-order valence-electron chi connectivity index (χ3n) is 1.37. The molecule has 0 unspecified atom stereocenters. The summed E-state index contributed by atoms with van der Waals surface area (Å²) in [4.78, 5) is 0. The Labute approximate surface area is 79.9 Å². The maximum atomic E-state index is 5.80. The lowest BCUT2D eigenvalue weighted by Gasteiger charge is -1.97. The summed E-state index contributed by atoms with van der Waals surface area (Å²) in [5.41, 5.74) is 0.920. The summed E-state index contributed by atoms with van der Waals surface area (Å²) >= 11 is 13.1. The zero-order chi connectivity index (χ0) is 8.43. The maximum absolute atomic E-state index is 5.80. The van der Waals surface area contributed by atoms with E-state index < -0.39 is 0 Å². The van der Waals surface area contributed by atoms with Crippen LogP contribution in [-0.4, -0.2) is 16.0 Å². The molecule has 1 heterocycles. The quantitative estimate of drug-likeness (QED) is 0.552. The molecular weight excluding hydrogens is 203 g/mol. The number of rotatable bonds is 2. The average Bonchev–Trinajstić information content (AvgIpc) is 2.24. The van der Waals surface area contributed by atoms with Gasteiger partial charge < -0.3 is 0 Å². The van der Waals surface area contributed by atoms with Crippen molar-refractivity contribution in [1.29, 1.82) is 0 Å². The van der Waals surface area contributed by atoms with Gasteiger partial charge in [-0.25, -0.2) is 0 Å². The van der Waals surface area contributed by atoms with Gasteiger partial charge in [-0.2, -0.15) is 5.10 Å². The molecule has 1 aromatic heterocycles. The van der Waals surface area contributed by atoms with E-state index in [1.165, 1.54) is 0 Å². The topological polar surface area (TPSA) is 17.8 Å². The first-order chi connectivity index (χ1) is 5.20. The Hall–Kier alpha value is 0.140. The first kappa shape index (κ1) is 9.23. The fraction of sp³-hybridized carbons (Fsp3) is 0.500. The summed E-state index contributed by atoms with van der Waals surface area (Å²) in [6.45, 7) is 0. The Balaban J connectivity index is 3.17. The van der Waals surface area contributed by atoms with Crippen molar-refractivity contribution in [1.82, 2.24) is 9.78 Å². The summed E-state index contributed by atoms with van der Waals surface area (Å²) < 4.78 is 1.74. The van der Waals surface area contributed by atoms with Crippen LogP contribution in [0.5, 0.6) is 0 Å². The number of aryl methyl sites for hydroxylation is 1. The Kier molecular flexibility index (Phi) is 3.10. The Morgan fingerprint density at radius 1 is 1.64 bits per heavy atom. The molecule has 0 atom stereocenters. The van der Waals surface area contributed by atoms with Crippen LogP contribution in [0.1, 0.15) is 5.56 Å². The van der Waals surface area contributed by atoms with Crippen LogP contribution in [0.25, 0.3) is 0 Å². The molecule has 1 aromatic rings. The number of nitrogens with zero attached hydrogens (tertiary/aromatic N) is 2. The fourth-order valence-electron chi connectivity index (χ4n) is 0.889. The molecule has 62 valence electrons. The molecule has 0 saturated carbocycles. The Morgan fingerprint density at radius 3 is 2.64 bits per heavy atom. The van der Waals surface area contributed by atoms with Crippen molar-refractivity contribution in [2.75, 3.05) is 6.26 Å². The average molecular weight is 211 g/mol. The normalized spacial score (nSPS) is 10.5. The minimum Gasteiger partial charge on any atom is -0.260 e. The maximum Gasteiger partial charge on any atom is 0.156 e. The van der Waals surface area contributed by atoms with Crippen molar-refractivity contribution < 1.29 is 0 Å². The van der Waals surface area contributed by atoms with Gasteiger partial charge >= 0.3 is 0 Å². The molecule has 0 aromatic carbocycles. The van der Waals surface area contributed by atoms with Crippen LogP contribution >= 0.6 is 35.0 Å². The van der Waals surface area contributed by atoms with Gasteiger partial charge in [0, 0.05) is 12.6 Å². The van der Waals surface area contributed by atoms with Crippen LogP contribution in [0.4, 0.5) is 0 Å². The SMILES string of the molecule is CSc1c(CCl)c(Cl)nn1C. The molecule has 0 radical (unpaired) electrons. The van der Waals surface area contributed by atoms with Crippen LogP contribution in [0.15, 0.2) is 5.03 Å². The van der Waals surface area contributed by atoms with E-state index in [1.807, 2.05) is 13.3 Å². The van der Waals surface area contributed by atoms with E-state index in [0.29, 0.717) is 11.0 Å². The summed E-state index contributed by atoms with van der Waals surface area (Å²) in [5, 5.41) is 5.57. The summed E-state index contributed by atoms with van der Waals surface area (Å²) in [5.74, 6) is 0.419. The second-order valence-corrected chi connectivity index (χ2v) is 3.46. The van der Waals surface area contributed by atoms with Gasteiger partial charge in [-0.1, -0.05) is 11.6 Å². The zero-order valence-electron chi connectivity index (χ0n) is 6.27. The van der Waals surface area contributed by atoms with Gasteiger partial charge in [-0.3, -0.25) is 4.68 Å². The molecule has 0 N–H and O–H groups in total. The van der Waals surface area contributed by atoms with Crippen molar-refractivity contribution in [3.8, 4) is 0 Å². The van der Waals surface area contributed by atoms with Gasteiger partial charge in [-0.05, 0) is 6.26 Å². The molecule has 0 aliphatic heterocycles. The van der Waals surface area contributed by atoms with Crippen LogP contribution in [0.2, 0.25) is 5.15 Å². The number of hydrogen-bond acceptors (Lipinski definition) is 2. The van der Waals surface area contributed by atoms with Gasteiger partial charge in [0.15, 0.2) is 5.15 Å². The molecule has 0 spiro atoms. The molecule has 0 aliphatic carbocycles. The van der Waals surface area contributed by atoms with Crippen LogP contribution in [0, 0.1) is 0 Å². The first-order valence-corrected chi connectivity index (χ1v) is 5.15. The van der Waals surface area contributed by atoms with Crippen molar-refractivity contribution in [2.24, 2.45) is 7.05 Å². The van der Waals surface area contributed by atoms with Crippen LogP contribution < -0.4 is 0 Å². The Bertz CT molecular complexity index is 235. The number of aromatic nitrogens is 2. The fourth-order valence-corrected chi connectivity index (χ4v) is 2.34. The van der Waals surface area contributed by atoms with Gasteiger partial charge in [-0.15, -0.1) is 23.4 Å². The molecule has 5 heteroatoms. The van der Waals surface area contributed by atoms with Gasteiger partial charge in [0.2, 0.25) is 0 Å². The number of hydrogen-bond donors (Lipinski definition) is 0. The van der Waals surface area contributed by atoms with Gasteiger partial charge in [0.1, 0.15) is 0 Å². The lowest BCUT2D eigenvalue weighted by Crippen LogP contribution is -1.91. The molecule has 0 aliphatic rings. The summed E-state index contributed by atoms with van der Waals surface area (Å²) in [6, 6.07) is 0. The van der Waals surface area contributed by atoms with E-state index in [0.717, 1.165) is 10.6 Å². The first-order valence-electron chi connectivity index (χ1n) is 3.02. The molecule has 0 fully saturated rings. The van der Waals surface area contributed by atoms with E-state index in [4.69, 9.17) is 23.2 Å². The lowest BCUT2D eigenvalue weighted by atomic mass is 10.4. The Morgan fingerprint density at radius 2 is 2.27 bits per heavy atom. The highest BCUT2D eigenvalue weighted by molar-refractivity contribution is 7.98. The third kappa shape index (κ3) is 1.66. The number of alkyl halides is 1. The van der Waals surface area contributed by atoms with Crippen molar-refractivity contribution in [3.63, 3.8) is 0 Å². The number of halogens is 2. The molecule has 0 saturated heterocycles. The third-order valence-corrected chi connectivity index (χ3v) is 2.83. The van der Waals surface area contributed by atoms with E-state index in [-0.39, 0.29) is 0 Å². The van der Waals surface area contributed by atoms with Crippen molar-refractivity contribution >= 4 is 35.0 Å². The highest BCUT2D eigenvalue weighted by Gasteiger charge is 2.11. The highest BCUT2D eigenvalue weighted by atomic mass is 35.5. The van der Waals surface area contributed by atoms with E-state index in [1.54, 1.807) is 16.4 Å². The summed E-state index contributed by atoms with van der Waals surface area (Å²) in [6.07, 6.45) is 1.98. The number of thioether (sulfide) groups is 1. The second kappa shape index (κ2) is 3.70. The molecule has 2 nitrogen and oxygen atoms in total. The van der Waals surface area contributed by atoms with E-state index >= 15 is 0 Å². The molecule has 11 heavy (non-hydrogen) atoms. The lowest BCUT2D eigenvalue weighted by molar-refractivity contribution is 0.697. The summed E-state index contributed by atoms with van der Waals surface area (Å²) in [7, 11) is 1.85. The van der Waals surface area contributed by atoms with E-state index in [2.05, 4.69) is 5.10 Å². The smallest absolute Gasteiger partial charge is 0.156 e. The zero-order valence-corrected chi connectivity index (χ0v) is 8.59. The molecular formula is C6H8Cl2N2S. The second-order valence-electron chi connectivity index (χ2n) is 2.04. The predicted molar refractivity (Wildman–Crippen MR) is 49.6 cm³/mol. The minimum atomic E-state index is 0.419. The van der Waals surface area contributed by atoms with Crippen molar-refractivity contribution in [3.05, 3.63) is 10.7 Å². The van der Waals surface area contributed by atoms with Crippen LogP contribution in [-0.2, 0) is 12.9 Å². The minimum absolute atomic E-state index is 0.419.